The van der Waals surface area contributed by atoms with E-state index in [1.165, 1.54) is 24.3 Å². The fourth-order valence-corrected chi connectivity index (χ4v) is 5.06. The van der Waals surface area contributed by atoms with Crippen LogP contribution in [0.5, 0.6) is 17.2 Å². The Labute approximate surface area is 225 Å². The average Bonchev–Trinajstić information content (AvgIpc) is 2.94. The third-order valence-electron chi connectivity index (χ3n) is 7.23. The highest BCUT2D eigenvalue weighted by Crippen LogP contribution is 2.43. The lowest BCUT2D eigenvalue weighted by molar-refractivity contribution is 0.278. The lowest BCUT2D eigenvalue weighted by atomic mass is 9.76. The summed E-state index contributed by atoms with van der Waals surface area (Å²) in [6.07, 6.45) is 4.03. The normalized spacial score (nSPS) is 17.2. The van der Waals surface area contributed by atoms with E-state index in [0.717, 1.165) is 12.8 Å². The van der Waals surface area contributed by atoms with Crippen LogP contribution < -0.4 is 14.2 Å². The second-order valence-corrected chi connectivity index (χ2v) is 9.79. The van der Waals surface area contributed by atoms with Crippen LogP contribution in [0, 0.1) is 29.1 Å². The summed E-state index contributed by atoms with van der Waals surface area (Å²) in [5.41, 5.74) is 0.837. The molecular formula is C31H33F5O3. The van der Waals surface area contributed by atoms with E-state index >= 15 is 4.39 Å². The third kappa shape index (κ3) is 6.65. The molecular weight excluding hydrogens is 515 g/mol. The van der Waals surface area contributed by atoms with Gasteiger partial charge < -0.3 is 14.2 Å². The van der Waals surface area contributed by atoms with Crippen molar-refractivity contribution in [2.75, 3.05) is 13.2 Å². The van der Waals surface area contributed by atoms with Crippen molar-refractivity contribution in [1.29, 1.82) is 0 Å². The lowest BCUT2D eigenvalue weighted by Crippen LogP contribution is -2.15. The zero-order valence-corrected chi connectivity index (χ0v) is 22.2. The molecule has 0 spiro atoms. The molecule has 3 aromatic rings. The number of hydrogen-bond donors (Lipinski definition) is 0. The van der Waals surface area contributed by atoms with Crippen LogP contribution in [0.3, 0.4) is 0 Å². The minimum atomic E-state index is -1.07. The number of hydrogen-bond acceptors (Lipinski definition) is 3. The van der Waals surface area contributed by atoms with Gasteiger partial charge in [0.05, 0.1) is 13.2 Å². The Hall–Kier alpha value is -3.29. The maximum absolute atomic E-state index is 15.0. The first kappa shape index (κ1) is 28.7. The van der Waals surface area contributed by atoms with E-state index in [9.17, 15) is 17.6 Å². The van der Waals surface area contributed by atoms with Gasteiger partial charge in [0.15, 0.2) is 23.1 Å². The number of unbranched alkanes of at least 4 members (excludes halogenated alkanes) is 1. The molecule has 1 fully saturated rings. The van der Waals surface area contributed by atoms with Gasteiger partial charge in [-0.3, -0.25) is 0 Å². The van der Waals surface area contributed by atoms with Gasteiger partial charge in [-0.25, -0.2) is 13.2 Å². The quantitative estimate of drug-likeness (QED) is 0.177. The van der Waals surface area contributed by atoms with Crippen molar-refractivity contribution >= 4 is 0 Å². The molecule has 0 bridgehead atoms. The highest BCUT2D eigenvalue weighted by atomic mass is 19.2. The Kier molecular flexibility index (Phi) is 9.70. The van der Waals surface area contributed by atoms with E-state index in [1.807, 2.05) is 6.92 Å². The maximum atomic E-state index is 15.0. The summed E-state index contributed by atoms with van der Waals surface area (Å²) < 4.78 is 88.7. The molecule has 4 rings (SSSR count). The average molecular weight is 549 g/mol. The molecule has 1 saturated carbocycles. The van der Waals surface area contributed by atoms with Crippen LogP contribution in [0.25, 0.3) is 0 Å². The highest BCUT2D eigenvalue weighted by molar-refractivity contribution is 5.36. The monoisotopic (exact) mass is 548 g/mol. The van der Waals surface area contributed by atoms with E-state index in [-0.39, 0.29) is 47.9 Å². The second-order valence-electron chi connectivity index (χ2n) is 9.79. The molecule has 1 aliphatic rings. The van der Waals surface area contributed by atoms with Gasteiger partial charge in [-0.2, -0.15) is 8.78 Å². The summed E-state index contributed by atoms with van der Waals surface area (Å²) in [5.74, 6) is -4.72. The van der Waals surface area contributed by atoms with Crippen LogP contribution in [0.4, 0.5) is 22.0 Å². The number of ether oxygens (including phenoxy) is 3. The minimum Gasteiger partial charge on any atom is -0.491 e. The maximum Gasteiger partial charge on any atom is 0.201 e. The Balaban J connectivity index is 1.35. The first-order valence-electron chi connectivity index (χ1n) is 13.5. The SMILES string of the molecule is CCCCOc1ccc(COc2ccc(C3CCC(c4ccc(OCC)c(F)c4F)CC3)c(F)c2)c(F)c1F. The molecule has 0 aliphatic heterocycles. The van der Waals surface area contributed by atoms with Crippen molar-refractivity contribution in [3.05, 3.63) is 88.2 Å². The van der Waals surface area contributed by atoms with Gasteiger partial charge in [-0.05, 0) is 86.3 Å². The smallest absolute Gasteiger partial charge is 0.201 e. The molecule has 0 saturated heterocycles. The minimum absolute atomic E-state index is 0.00360. The van der Waals surface area contributed by atoms with Crippen LogP contribution in [-0.2, 0) is 6.61 Å². The molecule has 39 heavy (non-hydrogen) atoms. The van der Waals surface area contributed by atoms with Crippen LogP contribution in [-0.4, -0.2) is 13.2 Å². The van der Waals surface area contributed by atoms with Gasteiger partial charge in [0.1, 0.15) is 18.2 Å². The first-order chi connectivity index (χ1) is 18.8. The third-order valence-corrected chi connectivity index (χ3v) is 7.23. The predicted octanol–water partition coefficient (Wildman–Crippen LogP) is 8.98. The first-order valence-corrected chi connectivity index (χ1v) is 13.5. The summed E-state index contributed by atoms with van der Waals surface area (Å²) >= 11 is 0. The van der Waals surface area contributed by atoms with Gasteiger partial charge in [0.2, 0.25) is 11.6 Å². The van der Waals surface area contributed by atoms with Crippen molar-refractivity contribution in [2.24, 2.45) is 0 Å². The molecule has 0 aromatic heterocycles. The zero-order valence-electron chi connectivity index (χ0n) is 22.2. The summed E-state index contributed by atoms with van der Waals surface area (Å²) in [7, 11) is 0. The summed E-state index contributed by atoms with van der Waals surface area (Å²) in [5, 5.41) is 0. The van der Waals surface area contributed by atoms with Crippen molar-refractivity contribution in [2.45, 2.75) is 70.8 Å². The number of benzene rings is 3. The van der Waals surface area contributed by atoms with Crippen molar-refractivity contribution in [3.8, 4) is 17.2 Å². The summed E-state index contributed by atoms with van der Waals surface area (Å²) in [6.45, 7) is 3.94. The molecule has 210 valence electrons. The Morgan fingerprint density at radius 1 is 0.667 bits per heavy atom. The van der Waals surface area contributed by atoms with Crippen molar-refractivity contribution in [3.63, 3.8) is 0 Å². The fraction of sp³-hybridized carbons (Fsp3) is 0.419. The number of rotatable bonds is 11. The molecule has 0 heterocycles. The fourth-order valence-electron chi connectivity index (χ4n) is 5.06. The Morgan fingerprint density at radius 3 is 1.95 bits per heavy atom. The summed E-state index contributed by atoms with van der Waals surface area (Å²) in [6, 6.07) is 10.2. The molecule has 1 aliphatic carbocycles. The van der Waals surface area contributed by atoms with Gasteiger partial charge >= 0.3 is 0 Å². The van der Waals surface area contributed by atoms with Gasteiger partial charge in [0.25, 0.3) is 0 Å². The zero-order chi connectivity index (χ0) is 27.9. The topological polar surface area (TPSA) is 27.7 Å². The van der Waals surface area contributed by atoms with Crippen LogP contribution in [0.1, 0.15) is 80.9 Å². The van der Waals surface area contributed by atoms with Gasteiger partial charge in [0, 0.05) is 11.6 Å². The van der Waals surface area contributed by atoms with Gasteiger partial charge in [-0.15, -0.1) is 0 Å². The molecule has 0 atom stereocenters. The van der Waals surface area contributed by atoms with E-state index < -0.39 is 29.1 Å². The van der Waals surface area contributed by atoms with Crippen LogP contribution in [0.15, 0.2) is 42.5 Å². The predicted molar refractivity (Wildman–Crippen MR) is 139 cm³/mol. The standard InChI is InChI=1S/C31H33F5O3/c1-3-5-16-38-27-14-10-21(28(33)30(27)35)18-39-22-11-12-23(25(32)17-22)19-6-8-20(9-7-19)24-13-15-26(37-4-2)31(36)29(24)34/h10-15,17,19-20H,3-9,16,18H2,1-2H3. The molecule has 0 radical (unpaired) electrons. The van der Waals surface area contributed by atoms with E-state index in [2.05, 4.69) is 0 Å². The van der Waals surface area contributed by atoms with Crippen LogP contribution in [0.2, 0.25) is 0 Å². The van der Waals surface area contributed by atoms with Crippen LogP contribution >= 0.6 is 0 Å². The lowest BCUT2D eigenvalue weighted by Gasteiger charge is -2.29. The molecule has 0 N–H and O–H groups in total. The van der Waals surface area contributed by atoms with Crippen molar-refractivity contribution in [1.82, 2.24) is 0 Å². The second kappa shape index (κ2) is 13.2. The molecule has 0 unspecified atom stereocenters. The van der Waals surface area contributed by atoms with E-state index in [1.54, 1.807) is 25.1 Å². The van der Waals surface area contributed by atoms with Crippen molar-refractivity contribution < 1.29 is 36.2 Å². The highest BCUT2D eigenvalue weighted by Gasteiger charge is 2.28. The Bertz CT molecular complexity index is 1270. The van der Waals surface area contributed by atoms with E-state index in [0.29, 0.717) is 43.4 Å². The summed E-state index contributed by atoms with van der Waals surface area (Å²) in [4.78, 5) is 0. The Morgan fingerprint density at radius 2 is 1.28 bits per heavy atom. The molecule has 3 aromatic carbocycles. The number of halogens is 5. The van der Waals surface area contributed by atoms with Gasteiger partial charge in [-0.1, -0.05) is 25.5 Å². The largest absolute Gasteiger partial charge is 0.491 e. The van der Waals surface area contributed by atoms with E-state index in [4.69, 9.17) is 14.2 Å². The molecule has 3 nitrogen and oxygen atoms in total. The molecule has 8 heteroatoms. The molecule has 0 amide bonds.